The Bertz CT molecular complexity index is 621. The molecule has 0 amide bonds. The topological polar surface area (TPSA) is 21.3 Å². The first-order valence-electron chi connectivity index (χ1n) is 6.02. The third kappa shape index (κ3) is 3.32. The highest BCUT2D eigenvalue weighted by atomic mass is 127. The van der Waals surface area contributed by atoms with Crippen molar-refractivity contribution in [3.8, 4) is 5.75 Å². The fourth-order valence-electron chi connectivity index (χ4n) is 2.10. The Morgan fingerprint density at radius 1 is 1.25 bits per heavy atom. The Hall–Kier alpha value is -0.660. The quantitative estimate of drug-likeness (QED) is 0.693. The van der Waals surface area contributed by atoms with Crippen molar-refractivity contribution in [1.29, 1.82) is 0 Å². The molecule has 2 rings (SSSR count). The molecule has 1 atom stereocenters. The van der Waals surface area contributed by atoms with Crippen molar-refractivity contribution in [2.45, 2.75) is 6.04 Å². The Kier molecular flexibility index (Phi) is 5.40. The molecule has 106 valence electrons. The van der Waals surface area contributed by atoms with Crippen LogP contribution in [0.5, 0.6) is 5.75 Å². The van der Waals surface area contributed by atoms with Crippen LogP contribution in [0.3, 0.4) is 0 Å². The summed E-state index contributed by atoms with van der Waals surface area (Å²) in [6.45, 7) is 0. The summed E-state index contributed by atoms with van der Waals surface area (Å²) >= 11 is 5.82. The van der Waals surface area contributed by atoms with E-state index in [2.05, 4.69) is 49.9 Å². The molecule has 2 aromatic carbocycles. The number of hydrogen-bond acceptors (Lipinski definition) is 2. The van der Waals surface area contributed by atoms with Crippen LogP contribution in [-0.2, 0) is 0 Å². The van der Waals surface area contributed by atoms with Crippen molar-refractivity contribution in [2.75, 3.05) is 14.2 Å². The van der Waals surface area contributed by atoms with E-state index in [0.29, 0.717) is 0 Å². The lowest BCUT2D eigenvalue weighted by Crippen LogP contribution is -2.18. The SMILES string of the molecule is CNC(c1ccc(OC)c(F)c1)c1cc(I)ccc1Br. The summed E-state index contributed by atoms with van der Waals surface area (Å²) in [5, 5.41) is 3.23. The van der Waals surface area contributed by atoms with Crippen LogP contribution in [0.1, 0.15) is 17.2 Å². The molecule has 20 heavy (non-hydrogen) atoms. The minimum atomic E-state index is -0.355. The second kappa shape index (κ2) is 6.87. The van der Waals surface area contributed by atoms with Gasteiger partial charge in [-0.05, 0) is 71.1 Å². The average molecular weight is 450 g/mol. The van der Waals surface area contributed by atoms with Gasteiger partial charge < -0.3 is 10.1 Å². The maximum absolute atomic E-state index is 13.9. The van der Waals surface area contributed by atoms with Gasteiger partial charge in [-0.3, -0.25) is 0 Å². The molecule has 0 aliphatic rings. The first-order chi connectivity index (χ1) is 9.56. The number of hydrogen-bond donors (Lipinski definition) is 1. The average Bonchev–Trinajstić information content (AvgIpc) is 2.44. The van der Waals surface area contributed by atoms with Gasteiger partial charge in [-0.1, -0.05) is 22.0 Å². The van der Waals surface area contributed by atoms with E-state index >= 15 is 0 Å². The summed E-state index contributed by atoms with van der Waals surface area (Å²) in [4.78, 5) is 0. The van der Waals surface area contributed by atoms with Gasteiger partial charge in [0.2, 0.25) is 0 Å². The van der Waals surface area contributed by atoms with E-state index in [1.54, 1.807) is 6.07 Å². The van der Waals surface area contributed by atoms with Crippen LogP contribution in [0.2, 0.25) is 0 Å². The van der Waals surface area contributed by atoms with Crippen LogP contribution < -0.4 is 10.1 Å². The van der Waals surface area contributed by atoms with Gasteiger partial charge in [0, 0.05) is 8.04 Å². The molecule has 0 saturated heterocycles. The highest BCUT2D eigenvalue weighted by molar-refractivity contribution is 14.1. The molecule has 0 saturated carbocycles. The minimum Gasteiger partial charge on any atom is -0.494 e. The fraction of sp³-hybridized carbons (Fsp3) is 0.200. The van der Waals surface area contributed by atoms with Crippen LogP contribution in [0.4, 0.5) is 4.39 Å². The van der Waals surface area contributed by atoms with Crippen molar-refractivity contribution in [3.63, 3.8) is 0 Å². The predicted molar refractivity (Wildman–Crippen MR) is 90.7 cm³/mol. The zero-order valence-corrected chi connectivity index (χ0v) is 14.8. The van der Waals surface area contributed by atoms with E-state index in [9.17, 15) is 4.39 Å². The maximum Gasteiger partial charge on any atom is 0.165 e. The van der Waals surface area contributed by atoms with Gasteiger partial charge in [-0.15, -0.1) is 0 Å². The highest BCUT2D eigenvalue weighted by Crippen LogP contribution is 2.31. The number of nitrogens with one attached hydrogen (secondary N) is 1. The first-order valence-corrected chi connectivity index (χ1v) is 7.89. The molecule has 5 heteroatoms. The zero-order valence-electron chi connectivity index (χ0n) is 11.1. The Morgan fingerprint density at radius 3 is 2.60 bits per heavy atom. The van der Waals surface area contributed by atoms with Crippen molar-refractivity contribution in [3.05, 3.63) is 61.4 Å². The van der Waals surface area contributed by atoms with Gasteiger partial charge in [0.1, 0.15) is 0 Å². The molecule has 0 aromatic heterocycles. The molecule has 0 aliphatic carbocycles. The molecule has 0 bridgehead atoms. The van der Waals surface area contributed by atoms with Crippen molar-refractivity contribution < 1.29 is 9.13 Å². The van der Waals surface area contributed by atoms with Crippen molar-refractivity contribution in [2.24, 2.45) is 0 Å². The summed E-state index contributed by atoms with van der Waals surface area (Å²) in [5.41, 5.74) is 1.93. The molecule has 2 aromatic rings. The van der Waals surface area contributed by atoms with Crippen LogP contribution in [-0.4, -0.2) is 14.2 Å². The molecule has 2 nitrogen and oxygen atoms in total. The second-order valence-corrected chi connectivity index (χ2v) is 6.38. The largest absolute Gasteiger partial charge is 0.494 e. The fourth-order valence-corrected chi connectivity index (χ4v) is 3.09. The van der Waals surface area contributed by atoms with Gasteiger partial charge in [0.05, 0.1) is 13.2 Å². The molecule has 1 N–H and O–H groups in total. The summed E-state index contributed by atoms with van der Waals surface area (Å²) < 4.78 is 21.0. The normalized spacial score (nSPS) is 12.2. The van der Waals surface area contributed by atoms with E-state index in [1.807, 2.05) is 25.2 Å². The van der Waals surface area contributed by atoms with Crippen molar-refractivity contribution in [1.82, 2.24) is 5.32 Å². The minimum absolute atomic E-state index is 0.0838. The van der Waals surface area contributed by atoms with Crippen LogP contribution in [0.25, 0.3) is 0 Å². The third-order valence-electron chi connectivity index (χ3n) is 3.07. The van der Waals surface area contributed by atoms with Gasteiger partial charge >= 0.3 is 0 Å². The number of ether oxygens (including phenoxy) is 1. The second-order valence-electron chi connectivity index (χ2n) is 4.28. The Morgan fingerprint density at radius 2 is 2.00 bits per heavy atom. The predicted octanol–water partition coefficient (Wildman–Crippen LogP) is 4.51. The van der Waals surface area contributed by atoms with Crippen LogP contribution in [0.15, 0.2) is 40.9 Å². The summed E-state index contributed by atoms with van der Waals surface area (Å²) in [7, 11) is 3.32. The number of methoxy groups -OCH3 is 1. The molecule has 0 spiro atoms. The number of rotatable bonds is 4. The summed E-state index contributed by atoms with van der Waals surface area (Å²) in [6.07, 6.45) is 0. The first kappa shape index (κ1) is 15.7. The number of benzene rings is 2. The Balaban J connectivity index is 2.46. The molecular formula is C15H14BrFINO. The van der Waals surface area contributed by atoms with Gasteiger partial charge in [0.15, 0.2) is 11.6 Å². The zero-order chi connectivity index (χ0) is 14.7. The van der Waals surface area contributed by atoms with Crippen LogP contribution >= 0.6 is 38.5 Å². The lowest BCUT2D eigenvalue weighted by molar-refractivity contribution is 0.386. The smallest absolute Gasteiger partial charge is 0.165 e. The Labute approximate surface area is 140 Å². The lowest BCUT2D eigenvalue weighted by Gasteiger charge is -2.19. The number of halogens is 3. The van der Waals surface area contributed by atoms with Crippen LogP contribution in [0, 0.1) is 9.39 Å². The van der Waals surface area contributed by atoms with E-state index in [1.165, 1.54) is 13.2 Å². The molecule has 1 unspecified atom stereocenters. The third-order valence-corrected chi connectivity index (χ3v) is 4.46. The summed E-state index contributed by atoms with van der Waals surface area (Å²) in [6, 6.07) is 11.0. The van der Waals surface area contributed by atoms with E-state index in [0.717, 1.165) is 19.2 Å². The van der Waals surface area contributed by atoms with E-state index in [-0.39, 0.29) is 17.6 Å². The van der Waals surface area contributed by atoms with Gasteiger partial charge in [-0.25, -0.2) is 4.39 Å². The maximum atomic E-state index is 13.9. The summed E-state index contributed by atoms with van der Waals surface area (Å²) in [5.74, 6) is -0.0997. The van der Waals surface area contributed by atoms with E-state index in [4.69, 9.17) is 4.74 Å². The van der Waals surface area contributed by atoms with Crippen molar-refractivity contribution >= 4 is 38.5 Å². The van der Waals surface area contributed by atoms with Gasteiger partial charge in [-0.2, -0.15) is 0 Å². The lowest BCUT2D eigenvalue weighted by atomic mass is 9.98. The molecule has 0 radical (unpaired) electrons. The molecular weight excluding hydrogens is 436 g/mol. The monoisotopic (exact) mass is 449 g/mol. The van der Waals surface area contributed by atoms with Gasteiger partial charge in [0.25, 0.3) is 0 Å². The molecule has 0 fully saturated rings. The molecule has 0 aliphatic heterocycles. The standard InChI is InChI=1S/C15H14BrFINO/c1-19-15(11-8-10(18)4-5-12(11)16)9-3-6-14(20-2)13(17)7-9/h3-8,15,19H,1-2H3. The molecule has 0 heterocycles. The highest BCUT2D eigenvalue weighted by Gasteiger charge is 2.17. The van der Waals surface area contributed by atoms with E-state index < -0.39 is 0 Å².